The molecule has 22 heavy (non-hydrogen) atoms. The van der Waals surface area contributed by atoms with Crippen LogP contribution >= 0.6 is 22.9 Å². The van der Waals surface area contributed by atoms with Gasteiger partial charge in [0.15, 0.2) is 0 Å². The highest BCUT2D eigenvalue weighted by Gasteiger charge is 2.25. The maximum atomic E-state index is 12.3. The number of likely N-dealkylation sites (tertiary alicyclic amines) is 1. The summed E-state index contributed by atoms with van der Waals surface area (Å²) >= 11 is 7.36. The van der Waals surface area contributed by atoms with Crippen LogP contribution in [0.4, 0.5) is 0 Å². The lowest BCUT2D eigenvalue weighted by molar-refractivity contribution is -0.133. The summed E-state index contributed by atoms with van der Waals surface area (Å²) < 4.78 is 5.75. The van der Waals surface area contributed by atoms with Gasteiger partial charge < -0.3 is 9.64 Å². The number of hydrogen-bond donors (Lipinski definition) is 0. The highest BCUT2D eigenvalue weighted by molar-refractivity contribution is 7.08. The normalized spacial score (nSPS) is 18.2. The molecule has 1 saturated heterocycles. The molecule has 0 aliphatic carbocycles. The number of piperidine rings is 1. The van der Waals surface area contributed by atoms with Gasteiger partial charge in [0.25, 0.3) is 0 Å². The summed E-state index contributed by atoms with van der Waals surface area (Å²) in [5.74, 6) is 0.142. The SMILES string of the molecule is O=C(Cc1ccsc1)N1CCC[C@H](Oc2ncc(Cl)cn2)C1. The van der Waals surface area contributed by atoms with Crippen LogP contribution in [0.2, 0.25) is 5.02 Å². The van der Waals surface area contributed by atoms with Crippen molar-refractivity contribution >= 4 is 28.8 Å². The largest absolute Gasteiger partial charge is 0.458 e. The fourth-order valence-electron chi connectivity index (χ4n) is 2.45. The van der Waals surface area contributed by atoms with Crippen LogP contribution in [0.15, 0.2) is 29.2 Å². The van der Waals surface area contributed by atoms with Crippen molar-refractivity contribution in [2.75, 3.05) is 13.1 Å². The van der Waals surface area contributed by atoms with E-state index in [1.54, 1.807) is 11.3 Å². The van der Waals surface area contributed by atoms with Crippen LogP contribution < -0.4 is 4.74 Å². The molecule has 1 aliphatic rings. The number of rotatable bonds is 4. The molecule has 3 rings (SSSR count). The molecule has 0 N–H and O–H groups in total. The molecule has 116 valence electrons. The van der Waals surface area contributed by atoms with Crippen LogP contribution in [0.25, 0.3) is 0 Å². The number of carbonyl (C=O) groups excluding carboxylic acids is 1. The van der Waals surface area contributed by atoms with Crippen molar-refractivity contribution in [3.63, 3.8) is 0 Å². The maximum Gasteiger partial charge on any atom is 0.316 e. The number of carbonyl (C=O) groups is 1. The fourth-order valence-corrected chi connectivity index (χ4v) is 3.22. The number of hydrogen-bond acceptors (Lipinski definition) is 5. The van der Waals surface area contributed by atoms with E-state index in [1.807, 2.05) is 21.7 Å². The Labute approximate surface area is 137 Å². The van der Waals surface area contributed by atoms with Crippen molar-refractivity contribution in [3.05, 3.63) is 39.8 Å². The quantitative estimate of drug-likeness (QED) is 0.860. The van der Waals surface area contributed by atoms with Gasteiger partial charge in [-0.3, -0.25) is 4.79 Å². The zero-order chi connectivity index (χ0) is 15.4. The first kappa shape index (κ1) is 15.2. The van der Waals surface area contributed by atoms with E-state index in [-0.39, 0.29) is 12.0 Å². The van der Waals surface area contributed by atoms with Gasteiger partial charge in [-0.25, -0.2) is 9.97 Å². The van der Waals surface area contributed by atoms with E-state index in [0.717, 1.165) is 24.9 Å². The van der Waals surface area contributed by atoms with Crippen LogP contribution in [0.1, 0.15) is 18.4 Å². The third kappa shape index (κ3) is 3.96. The van der Waals surface area contributed by atoms with Crippen LogP contribution in [0.3, 0.4) is 0 Å². The highest BCUT2D eigenvalue weighted by Crippen LogP contribution is 2.17. The molecule has 0 unspecified atom stereocenters. The Morgan fingerprint density at radius 1 is 1.45 bits per heavy atom. The Morgan fingerprint density at radius 3 is 3.00 bits per heavy atom. The molecule has 3 heterocycles. The predicted octanol–water partition coefficient (Wildman–Crippen LogP) is 2.80. The minimum atomic E-state index is -0.0682. The summed E-state index contributed by atoms with van der Waals surface area (Å²) in [4.78, 5) is 22.3. The van der Waals surface area contributed by atoms with Gasteiger partial charge in [-0.05, 0) is 35.2 Å². The van der Waals surface area contributed by atoms with Crippen molar-refractivity contribution in [2.45, 2.75) is 25.4 Å². The third-order valence-corrected chi connectivity index (χ3v) is 4.46. The van der Waals surface area contributed by atoms with Gasteiger partial charge >= 0.3 is 6.01 Å². The maximum absolute atomic E-state index is 12.3. The zero-order valence-corrected chi connectivity index (χ0v) is 13.5. The molecule has 1 fully saturated rings. The van der Waals surface area contributed by atoms with Gasteiger partial charge in [0.1, 0.15) is 6.10 Å². The highest BCUT2D eigenvalue weighted by atomic mass is 35.5. The van der Waals surface area contributed by atoms with E-state index in [0.29, 0.717) is 24.0 Å². The van der Waals surface area contributed by atoms with Crippen molar-refractivity contribution in [1.29, 1.82) is 0 Å². The molecule has 2 aromatic rings. The number of nitrogens with zero attached hydrogens (tertiary/aromatic N) is 3. The molecule has 1 atom stereocenters. The summed E-state index contributed by atoms with van der Waals surface area (Å²) in [6.07, 6.45) is 5.22. The van der Waals surface area contributed by atoms with E-state index in [1.165, 1.54) is 12.4 Å². The lowest BCUT2D eigenvalue weighted by Crippen LogP contribution is -2.45. The minimum absolute atomic E-state index is 0.0682. The number of amides is 1. The molecular formula is C15H16ClN3O2S. The standard InChI is InChI=1S/C15H16ClN3O2S/c16-12-7-17-15(18-8-12)21-13-2-1-4-19(9-13)14(20)6-11-3-5-22-10-11/h3,5,7-8,10,13H,1-2,4,6,9H2/t13-/m0/s1. The van der Waals surface area contributed by atoms with Gasteiger partial charge in [0.2, 0.25) is 5.91 Å². The minimum Gasteiger partial charge on any atom is -0.458 e. The summed E-state index contributed by atoms with van der Waals surface area (Å²) in [6.45, 7) is 1.36. The number of ether oxygens (including phenoxy) is 1. The number of thiophene rings is 1. The van der Waals surface area contributed by atoms with Gasteiger partial charge in [-0.2, -0.15) is 11.3 Å². The lowest BCUT2D eigenvalue weighted by Gasteiger charge is -2.32. The van der Waals surface area contributed by atoms with E-state index in [9.17, 15) is 4.79 Å². The van der Waals surface area contributed by atoms with Gasteiger partial charge in [-0.15, -0.1) is 0 Å². The summed E-state index contributed by atoms with van der Waals surface area (Å²) in [5, 5.41) is 4.48. The number of aromatic nitrogens is 2. The van der Waals surface area contributed by atoms with Crippen LogP contribution in [0.5, 0.6) is 6.01 Å². The second-order valence-corrected chi connectivity index (χ2v) is 6.43. The van der Waals surface area contributed by atoms with Crippen molar-refractivity contribution in [2.24, 2.45) is 0 Å². The van der Waals surface area contributed by atoms with E-state index >= 15 is 0 Å². The molecule has 2 aromatic heterocycles. The Kier molecular flexibility index (Phi) is 4.90. The topological polar surface area (TPSA) is 55.3 Å². The zero-order valence-electron chi connectivity index (χ0n) is 11.9. The van der Waals surface area contributed by atoms with Crippen molar-refractivity contribution in [1.82, 2.24) is 14.9 Å². The third-order valence-electron chi connectivity index (χ3n) is 3.54. The van der Waals surface area contributed by atoms with E-state index in [2.05, 4.69) is 9.97 Å². The van der Waals surface area contributed by atoms with Crippen LogP contribution in [-0.2, 0) is 11.2 Å². The summed E-state index contributed by atoms with van der Waals surface area (Å²) in [7, 11) is 0. The lowest BCUT2D eigenvalue weighted by atomic mass is 10.1. The average molecular weight is 338 g/mol. The van der Waals surface area contributed by atoms with Gasteiger partial charge in [-0.1, -0.05) is 11.6 Å². The van der Waals surface area contributed by atoms with Crippen LogP contribution in [0, 0.1) is 0 Å². The van der Waals surface area contributed by atoms with Crippen molar-refractivity contribution in [3.8, 4) is 6.01 Å². The summed E-state index contributed by atoms with van der Waals surface area (Å²) in [6, 6.07) is 2.30. The Balaban J connectivity index is 1.56. The second-order valence-electron chi connectivity index (χ2n) is 5.21. The molecule has 5 nitrogen and oxygen atoms in total. The molecule has 0 bridgehead atoms. The molecule has 0 spiro atoms. The Hall–Kier alpha value is -1.66. The van der Waals surface area contributed by atoms with E-state index in [4.69, 9.17) is 16.3 Å². The first-order chi connectivity index (χ1) is 10.7. The smallest absolute Gasteiger partial charge is 0.316 e. The second kappa shape index (κ2) is 7.07. The Morgan fingerprint density at radius 2 is 2.27 bits per heavy atom. The van der Waals surface area contributed by atoms with Gasteiger partial charge in [0, 0.05) is 6.54 Å². The monoisotopic (exact) mass is 337 g/mol. The number of halogens is 1. The molecule has 0 aromatic carbocycles. The van der Waals surface area contributed by atoms with Gasteiger partial charge in [0.05, 0.1) is 30.4 Å². The average Bonchev–Trinajstić information content (AvgIpc) is 3.03. The first-order valence-corrected chi connectivity index (χ1v) is 8.46. The first-order valence-electron chi connectivity index (χ1n) is 7.14. The molecule has 7 heteroatoms. The fraction of sp³-hybridized carbons (Fsp3) is 0.400. The molecule has 0 saturated carbocycles. The molecule has 1 aliphatic heterocycles. The summed E-state index contributed by atoms with van der Waals surface area (Å²) in [5.41, 5.74) is 1.07. The predicted molar refractivity (Wildman–Crippen MR) is 85.3 cm³/mol. The Bertz CT molecular complexity index is 618. The molecule has 1 amide bonds. The van der Waals surface area contributed by atoms with E-state index < -0.39 is 0 Å². The van der Waals surface area contributed by atoms with Crippen LogP contribution in [-0.4, -0.2) is 40.0 Å². The molecule has 0 radical (unpaired) electrons. The molecular weight excluding hydrogens is 322 g/mol. The van der Waals surface area contributed by atoms with Crippen molar-refractivity contribution < 1.29 is 9.53 Å².